The fourth-order valence-electron chi connectivity index (χ4n) is 2.84. The molecule has 0 spiro atoms. The van der Waals surface area contributed by atoms with Gasteiger partial charge < -0.3 is 10.4 Å². The summed E-state index contributed by atoms with van der Waals surface area (Å²) in [4.78, 5) is 24.2. The lowest BCUT2D eigenvalue weighted by atomic mass is 10.0. The average Bonchev–Trinajstić information content (AvgIpc) is 2.85. The quantitative estimate of drug-likeness (QED) is 0.883. The van der Waals surface area contributed by atoms with Crippen LogP contribution in [0.2, 0.25) is 0 Å². The van der Waals surface area contributed by atoms with Crippen LogP contribution in [0.5, 0.6) is 0 Å². The normalized spacial score (nSPS) is 12.2. The lowest BCUT2D eigenvalue weighted by Crippen LogP contribution is -2.34. The Morgan fingerprint density at radius 3 is 2.17 bits per heavy atom. The molecule has 1 atom stereocenters. The van der Waals surface area contributed by atoms with Crippen molar-refractivity contribution < 1.29 is 14.7 Å². The minimum Gasteiger partial charge on any atom is -0.479 e. The summed E-state index contributed by atoms with van der Waals surface area (Å²) >= 11 is 0. The average molecular weight is 329 g/mol. The van der Waals surface area contributed by atoms with Crippen LogP contribution in [0.3, 0.4) is 0 Å². The van der Waals surface area contributed by atoms with Crippen molar-refractivity contribution in [2.75, 3.05) is 0 Å². The van der Waals surface area contributed by atoms with Crippen molar-refractivity contribution in [3.05, 3.63) is 52.3 Å². The molecule has 0 saturated carbocycles. The van der Waals surface area contributed by atoms with Gasteiger partial charge in [-0.3, -0.25) is 9.48 Å². The van der Waals surface area contributed by atoms with E-state index in [2.05, 4.69) is 10.4 Å². The fourth-order valence-corrected chi connectivity index (χ4v) is 2.84. The zero-order valence-corrected chi connectivity index (χ0v) is 14.6. The number of aryl methyl sites for hydroxylation is 2. The second-order valence-electron chi connectivity index (χ2n) is 6.35. The summed E-state index contributed by atoms with van der Waals surface area (Å²) in [6.07, 6.45) is 1.48. The first-order valence-electron chi connectivity index (χ1n) is 7.86. The van der Waals surface area contributed by atoms with E-state index < -0.39 is 17.9 Å². The van der Waals surface area contributed by atoms with Gasteiger partial charge in [-0.2, -0.15) is 5.10 Å². The summed E-state index contributed by atoms with van der Waals surface area (Å²) < 4.78 is 1.74. The predicted octanol–water partition coefficient (Wildman–Crippen LogP) is 2.94. The number of amides is 1. The number of benzene rings is 1. The van der Waals surface area contributed by atoms with Gasteiger partial charge in [0.15, 0.2) is 6.04 Å². The predicted molar refractivity (Wildman–Crippen MR) is 91.1 cm³/mol. The lowest BCUT2D eigenvalue weighted by Gasteiger charge is -2.16. The molecule has 0 saturated heterocycles. The number of carboxylic acids is 1. The molecule has 1 aromatic carbocycles. The van der Waals surface area contributed by atoms with Crippen LogP contribution < -0.4 is 5.32 Å². The molecule has 6 heteroatoms. The first kappa shape index (κ1) is 17.7. The Bertz CT molecular complexity index is 758. The molecule has 0 aliphatic rings. The molecule has 1 unspecified atom stereocenters. The molecule has 2 aromatic rings. The highest BCUT2D eigenvalue weighted by Gasteiger charge is 2.25. The van der Waals surface area contributed by atoms with Gasteiger partial charge in [0.2, 0.25) is 0 Å². The zero-order chi connectivity index (χ0) is 18.0. The smallest absolute Gasteiger partial charge is 0.330 e. The van der Waals surface area contributed by atoms with Crippen LogP contribution in [0.1, 0.15) is 58.7 Å². The second-order valence-corrected chi connectivity index (χ2v) is 6.35. The minimum absolute atomic E-state index is 0.126. The maximum Gasteiger partial charge on any atom is 0.330 e. The van der Waals surface area contributed by atoms with E-state index in [1.165, 1.54) is 6.20 Å². The summed E-state index contributed by atoms with van der Waals surface area (Å²) in [5, 5.41) is 16.3. The number of carboxylic acid groups (broad SMARTS) is 1. The van der Waals surface area contributed by atoms with Gasteiger partial charge in [0, 0.05) is 11.7 Å². The number of aliphatic carboxylic acids is 1. The van der Waals surface area contributed by atoms with Crippen molar-refractivity contribution in [1.29, 1.82) is 0 Å². The fraction of sp³-hybridized carbons (Fsp3) is 0.389. The largest absolute Gasteiger partial charge is 0.479 e. The third kappa shape index (κ3) is 3.64. The van der Waals surface area contributed by atoms with Gasteiger partial charge in [0.05, 0.1) is 11.8 Å². The molecule has 1 amide bonds. The first-order valence-corrected chi connectivity index (χ1v) is 7.86. The molecule has 0 radical (unpaired) electrons. The molecular formula is C18H23N3O3. The third-order valence-electron chi connectivity index (χ3n) is 3.88. The maximum absolute atomic E-state index is 12.5. The van der Waals surface area contributed by atoms with E-state index in [1.807, 2.05) is 33.8 Å². The monoisotopic (exact) mass is 329 g/mol. The van der Waals surface area contributed by atoms with Crippen LogP contribution in [0.15, 0.2) is 24.4 Å². The van der Waals surface area contributed by atoms with E-state index in [9.17, 15) is 14.7 Å². The van der Waals surface area contributed by atoms with Crippen LogP contribution in [-0.2, 0) is 4.79 Å². The molecule has 0 aliphatic carbocycles. The van der Waals surface area contributed by atoms with E-state index in [1.54, 1.807) is 23.7 Å². The highest BCUT2D eigenvalue weighted by molar-refractivity contribution is 5.97. The Kier molecular flexibility index (Phi) is 5.07. The SMILES string of the molecule is Cc1cc(C)cc(C(NC(=O)c2cnn(C(C)C)c2C)C(=O)O)c1. The molecule has 24 heavy (non-hydrogen) atoms. The number of carbonyl (C=O) groups is 2. The van der Waals surface area contributed by atoms with Gasteiger partial charge in [0.25, 0.3) is 5.91 Å². The molecule has 0 bridgehead atoms. The Morgan fingerprint density at radius 2 is 1.71 bits per heavy atom. The van der Waals surface area contributed by atoms with Crippen LogP contribution >= 0.6 is 0 Å². The van der Waals surface area contributed by atoms with E-state index in [0.29, 0.717) is 16.8 Å². The highest BCUT2D eigenvalue weighted by atomic mass is 16.4. The molecule has 2 N–H and O–H groups in total. The number of hydrogen-bond donors (Lipinski definition) is 2. The second kappa shape index (κ2) is 6.86. The Labute approximate surface area is 141 Å². The van der Waals surface area contributed by atoms with Gasteiger partial charge in [-0.15, -0.1) is 0 Å². The summed E-state index contributed by atoms with van der Waals surface area (Å²) in [7, 11) is 0. The Hall–Kier alpha value is -2.63. The van der Waals surface area contributed by atoms with Crippen LogP contribution in [0.25, 0.3) is 0 Å². The summed E-state index contributed by atoms with van der Waals surface area (Å²) in [6, 6.07) is 4.53. The van der Waals surface area contributed by atoms with E-state index >= 15 is 0 Å². The number of rotatable bonds is 5. The lowest BCUT2D eigenvalue weighted by molar-refractivity contribution is -0.139. The number of nitrogens with zero attached hydrogens (tertiary/aromatic N) is 2. The topological polar surface area (TPSA) is 84.2 Å². The van der Waals surface area contributed by atoms with Crippen molar-refractivity contribution >= 4 is 11.9 Å². The Balaban J connectivity index is 2.31. The highest BCUT2D eigenvalue weighted by Crippen LogP contribution is 2.19. The molecule has 2 rings (SSSR count). The van der Waals surface area contributed by atoms with Gasteiger partial charge >= 0.3 is 5.97 Å². The number of carbonyl (C=O) groups excluding carboxylic acids is 1. The molecule has 6 nitrogen and oxygen atoms in total. The van der Waals surface area contributed by atoms with Crippen LogP contribution in [0, 0.1) is 20.8 Å². The van der Waals surface area contributed by atoms with Crippen molar-refractivity contribution in [3.8, 4) is 0 Å². The van der Waals surface area contributed by atoms with E-state index in [4.69, 9.17) is 0 Å². The summed E-state index contributed by atoms with van der Waals surface area (Å²) in [5.41, 5.74) is 3.57. The van der Waals surface area contributed by atoms with Crippen molar-refractivity contribution in [2.45, 2.75) is 46.7 Å². The van der Waals surface area contributed by atoms with E-state index in [0.717, 1.165) is 11.1 Å². The number of aromatic nitrogens is 2. The summed E-state index contributed by atoms with van der Waals surface area (Å²) in [6.45, 7) is 9.53. The Morgan fingerprint density at radius 1 is 1.12 bits per heavy atom. The van der Waals surface area contributed by atoms with E-state index in [-0.39, 0.29) is 6.04 Å². The summed E-state index contributed by atoms with van der Waals surface area (Å²) in [5.74, 6) is -1.53. The van der Waals surface area contributed by atoms with Gasteiger partial charge in [-0.25, -0.2) is 4.79 Å². The van der Waals surface area contributed by atoms with Crippen molar-refractivity contribution in [3.63, 3.8) is 0 Å². The van der Waals surface area contributed by atoms with Crippen molar-refractivity contribution in [2.24, 2.45) is 0 Å². The third-order valence-corrected chi connectivity index (χ3v) is 3.88. The maximum atomic E-state index is 12.5. The minimum atomic E-state index is -1.10. The molecule has 0 aliphatic heterocycles. The van der Waals surface area contributed by atoms with Crippen molar-refractivity contribution in [1.82, 2.24) is 15.1 Å². The van der Waals surface area contributed by atoms with Gasteiger partial charge in [-0.05, 0) is 40.2 Å². The van der Waals surface area contributed by atoms with Crippen LogP contribution in [-0.4, -0.2) is 26.8 Å². The van der Waals surface area contributed by atoms with Crippen LogP contribution in [0.4, 0.5) is 0 Å². The van der Waals surface area contributed by atoms with Gasteiger partial charge in [-0.1, -0.05) is 29.3 Å². The number of nitrogens with one attached hydrogen (secondary N) is 1. The zero-order valence-electron chi connectivity index (χ0n) is 14.6. The number of hydrogen-bond acceptors (Lipinski definition) is 3. The standard InChI is InChI=1S/C18H23N3O3/c1-10(2)21-13(5)15(9-19-21)17(22)20-16(18(23)24)14-7-11(3)6-12(4)8-14/h6-10,16H,1-5H3,(H,20,22)(H,23,24). The molecule has 1 aromatic heterocycles. The molecule has 0 fully saturated rings. The first-order chi connectivity index (χ1) is 11.2. The molecule has 128 valence electrons. The van der Waals surface area contributed by atoms with Gasteiger partial charge in [0.1, 0.15) is 0 Å². The molecule has 1 heterocycles. The molecular weight excluding hydrogens is 306 g/mol.